The second kappa shape index (κ2) is 5.40. The third-order valence-corrected chi connectivity index (χ3v) is 3.21. The zero-order valence-corrected chi connectivity index (χ0v) is 12.1. The predicted molar refractivity (Wildman–Crippen MR) is 82.7 cm³/mol. The van der Waals surface area contributed by atoms with E-state index in [4.69, 9.17) is 4.74 Å². The number of benzene rings is 2. The zero-order chi connectivity index (χ0) is 15.7. The van der Waals surface area contributed by atoms with Crippen LogP contribution in [0.25, 0.3) is 22.1 Å². The monoisotopic (exact) mass is 295 g/mol. The number of aromatic nitrogens is 2. The lowest BCUT2D eigenvalue weighted by atomic mass is 10.1. The summed E-state index contributed by atoms with van der Waals surface area (Å²) < 4.78 is 4.77. The Morgan fingerprint density at radius 1 is 1.00 bits per heavy atom. The van der Waals surface area contributed by atoms with Crippen LogP contribution in [0.5, 0.6) is 0 Å². The molecule has 1 amide bonds. The van der Waals surface area contributed by atoms with Gasteiger partial charge in [-0.05, 0) is 24.3 Å². The van der Waals surface area contributed by atoms with Crippen molar-refractivity contribution in [1.82, 2.24) is 9.97 Å². The fraction of sp³-hybridized carbons (Fsp3) is 0.125. The lowest BCUT2D eigenvalue weighted by Gasteiger charge is -2.08. The van der Waals surface area contributed by atoms with Gasteiger partial charge in [-0.25, -0.2) is 14.8 Å². The van der Waals surface area contributed by atoms with E-state index in [1.807, 2.05) is 0 Å². The Hall–Kier alpha value is -3.02. The fourth-order valence-electron chi connectivity index (χ4n) is 2.28. The lowest BCUT2D eigenvalue weighted by Crippen LogP contribution is -2.07. The summed E-state index contributed by atoms with van der Waals surface area (Å²) in [6.45, 7) is 1.43. The van der Waals surface area contributed by atoms with Crippen molar-refractivity contribution in [3.63, 3.8) is 0 Å². The van der Waals surface area contributed by atoms with Crippen molar-refractivity contribution in [2.24, 2.45) is 0 Å². The molecule has 110 valence electrons. The number of amides is 1. The first-order valence-corrected chi connectivity index (χ1v) is 6.65. The molecule has 0 aliphatic rings. The van der Waals surface area contributed by atoms with Crippen LogP contribution >= 0.6 is 0 Å². The molecule has 2 aromatic carbocycles. The second-order valence-electron chi connectivity index (χ2n) is 4.74. The van der Waals surface area contributed by atoms with Gasteiger partial charge in [-0.2, -0.15) is 0 Å². The molecule has 0 atom stereocenters. The van der Waals surface area contributed by atoms with Gasteiger partial charge < -0.3 is 10.1 Å². The Balaban J connectivity index is 2.31. The van der Waals surface area contributed by atoms with Gasteiger partial charge in [-0.15, -0.1) is 0 Å². The van der Waals surface area contributed by atoms with E-state index in [0.29, 0.717) is 33.3 Å². The third kappa shape index (κ3) is 2.35. The molecule has 6 heteroatoms. The summed E-state index contributed by atoms with van der Waals surface area (Å²) in [4.78, 5) is 32.1. The molecule has 22 heavy (non-hydrogen) atoms. The third-order valence-electron chi connectivity index (χ3n) is 3.21. The number of carbonyl (C=O) groups excluding carboxylic acids is 2. The minimum Gasteiger partial charge on any atom is -0.465 e. The maximum atomic E-state index is 11.8. The van der Waals surface area contributed by atoms with Gasteiger partial charge in [0.15, 0.2) is 0 Å². The molecule has 1 heterocycles. The van der Waals surface area contributed by atoms with Gasteiger partial charge in [0.1, 0.15) is 11.0 Å². The van der Waals surface area contributed by atoms with Crippen LogP contribution in [-0.2, 0) is 9.53 Å². The first-order valence-electron chi connectivity index (χ1n) is 6.65. The topological polar surface area (TPSA) is 81.2 Å². The highest BCUT2D eigenvalue weighted by Crippen LogP contribution is 2.24. The number of nitrogens with zero attached hydrogens (tertiary/aromatic N) is 2. The molecule has 0 aliphatic carbocycles. The molecule has 3 aromatic rings. The molecule has 6 nitrogen and oxygen atoms in total. The highest BCUT2D eigenvalue weighted by Gasteiger charge is 2.14. The molecule has 0 aliphatic heterocycles. The van der Waals surface area contributed by atoms with E-state index in [2.05, 4.69) is 15.3 Å². The highest BCUT2D eigenvalue weighted by atomic mass is 16.5. The van der Waals surface area contributed by atoms with E-state index in [1.54, 1.807) is 36.4 Å². The van der Waals surface area contributed by atoms with Crippen LogP contribution in [0.3, 0.4) is 0 Å². The molecule has 0 spiro atoms. The molecule has 0 unspecified atom stereocenters. The first-order chi connectivity index (χ1) is 10.6. The summed E-state index contributed by atoms with van der Waals surface area (Å²) >= 11 is 0. The summed E-state index contributed by atoms with van der Waals surface area (Å²) in [6, 6.07) is 10.4. The molecule has 0 bridgehead atoms. The van der Waals surface area contributed by atoms with Crippen molar-refractivity contribution in [3.8, 4) is 0 Å². The SMILES string of the molecule is COC(=O)c1cccc2nc3c(NC(C)=O)cccc3nc12. The van der Waals surface area contributed by atoms with Crippen LogP contribution < -0.4 is 5.32 Å². The molecular weight excluding hydrogens is 282 g/mol. The van der Waals surface area contributed by atoms with Crippen molar-refractivity contribution in [2.75, 3.05) is 12.4 Å². The molecule has 0 radical (unpaired) electrons. The maximum Gasteiger partial charge on any atom is 0.340 e. The average molecular weight is 295 g/mol. The molecule has 0 saturated heterocycles. The van der Waals surface area contributed by atoms with Crippen LogP contribution in [0.2, 0.25) is 0 Å². The van der Waals surface area contributed by atoms with Crippen molar-refractivity contribution in [3.05, 3.63) is 42.0 Å². The maximum absolute atomic E-state index is 11.8. The summed E-state index contributed by atoms with van der Waals surface area (Å²) in [5, 5.41) is 2.73. The Kier molecular flexibility index (Phi) is 3.42. The van der Waals surface area contributed by atoms with E-state index in [1.165, 1.54) is 14.0 Å². The molecule has 3 rings (SSSR count). The highest BCUT2D eigenvalue weighted by molar-refractivity contribution is 6.05. The summed E-state index contributed by atoms with van der Waals surface area (Å²) in [6.07, 6.45) is 0. The number of ether oxygens (including phenoxy) is 1. The van der Waals surface area contributed by atoms with Gasteiger partial charge in [0.2, 0.25) is 5.91 Å². The number of anilines is 1. The van der Waals surface area contributed by atoms with Gasteiger partial charge in [-0.1, -0.05) is 12.1 Å². The minimum absolute atomic E-state index is 0.183. The Bertz CT molecular complexity index is 906. The quantitative estimate of drug-likeness (QED) is 0.580. The largest absolute Gasteiger partial charge is 0.465 e. The number of methoxy groups -OCH3 is 1. The van der Waals surface area contributed by atoms with Gasteiger partial charge >= 0.3 is 5.97 Å². The van der Waals surface area contributed by atoms with Gasteiger partial charge in [0.25, 0.3) is 0 Å². The normalized spacial score (nSPS) is 10.6. The number of para-hydroxylation sites is 2. The van der Waals surface area contributed by atoms with Crippen molar-refractivity contribution >= 4 is 39.6 Å². The number of rotatable bonds is 2. The molecule has 0 fully saturated rings. The van der Waals surface area contributed by atoms with Gasteiger partial charge in [0.05, 0.1) is 29.4 Å². The Morgan fingerprint density at radius 3 is 2.32 bits per heavy atom. The van der Waals surface area contributed by atoms with Gasteiger partial charge in [0, 0.05) is 6.92 Å². The van der Waals surface area contributed by atoms with Crippen LogP contribution in [0.4, 0.5) is 5.69 Å². The number of hydrogen-bond donors (Lipinski definition) is 1. The lowest BCUT2D eigenvalue weighted by molar-refractivity contribution is -0.114. The zero-order valence-electron chi connectivity index (χ0n) is 12.1. The Morgan fingerprint density at radius 2 is 1.64 bits per heavy atom. The summed E-state index contributed by atoms with van der Waals surface area (Å²) in [5.41, 5.74) is 3.15. The predicted octanol–water partition coefficient (Wildman–Crippen LogP) is 2.53. The fourth-order valence-corrected chi connectivity index (χ4v) is 2.28. The van der Waals surface area contributed by atoms with E-state index in [-0.39, 0.29) is 5.91 Å². The number of nitrogens with one attached hydrogen (secondary N) is 1. The molecule has 1 aromatic heterocycles. The number of esters is 1. The average Bonchev–Trinajstić information content (AvgIpc) is 2.51. The molecule has 0 saturated carbocycles. The smallest absolute Gasteiger partial charge is 0.340 e. The van der Waals surface area contributed by atoms with E-state index in [0.717, 1.165) is 0 Å². The van der Waals surface area contributed by atoms with Crippen molar-refractivity contribution in [1.29, 1.82) is 0 Å². The first kappa shape index (κ1) is 13.9. The van der Waals surface area contributed by atoms with E-state index < -0.39 is 5.97 Å². The van der Waals surface area contributed by atoms with Gasteiger partial charge in [-0.3, -0.25) is 4.79 Å². The van der Waals surface area contributed by atoms with E-state index >= 15 is 0 Å². The van der Waals surface area contributed by atoms with Crippen molar-refractivity contribution in [2.45, 2.75) is 6.92 Å². The number of hydrogen-bond acceptors (Lipinski definition) is 5. The van der Waals surface area contributed by atoms with E-state index in [9.17, 15) is 9.59 Å². The van der Waals surface area contributed by atoms with Crippen LogP contribution in [0.15, 0.2) is 36.4 Å². The molecule has 1 N–H and O–H groups in total. The van der Waals surface area contributed by atoms with Crippen molar-refractivity contribution < 1.29 is 14.3 Å². The summed E-state index contributed by atoms with van der Waals surface area (Å²) in [7, 11) is 1.32. The summed E-state index contributed by atoms with van der Waals surface area (Å²) in [5.74, 6) is -0.644. The Labute approximate surface area is 126 Å². The van der Waals surface area contributed by atoms with Crippen LogP contribution in [0, 0.1) is 0 Å². The standard InChI is InChI=1S/C16H13N3O3/c1-9(20)17-12-7-4-8-13-15(12)19-11-6-3-5-10(14(11)18-13)16(21)22-2/h3-8H,1-2H3,(H,17,20). The number of fused-ring (bicyclic) bond motifs is 2. The van der Waals surface area contributed by atoms with Crippen LogP contribution in [0.1, 0.15) is 17.3 Å². The minimum atomic E-state index is -0.461. The number of carbonyl (C=O) groups is 2. The molecular formula is C16H13N3O3. The van der Waals surface area contributed by atoms with Crippen LogP contribution in [-0.4, -0.2) is 29.0 Å². The second-order valence-corrected chi connectivity index (χ2v) is 4.74.